The molecule has 11 heteroatoms. The molecule has 1 saturated carbocycles. The van der Waals surface area contributed by atoms with Crippen molar-refractivity contribution in [3.05, 3.63) is 34.4 Å². The highest BCUT2D eigenvalue weighted by atomic mass is 32.2. The minimum absolute atomic E-state index is 0.0474. The molecular formula is C18H24N4O6S. The summed E-state index contributed by atoms with van der Waals surface area (Å²) in [5.41, 5.74) is -0.316. The SMILES string of the molecule is O=C(NCCNS(=O)(=O)c1cccc([N+](=O)[O-])c1)C1CCCN(C(=O)C2CC2)C1. The standard InChI is InChI=1S/C18H24N4O6S/c23-17(14-3-2-10-21(12-14)18(24)13-6-7-13)19-8-9-20-29(27,28)16-5-1-4-15(11-16)22(25)26/h1,4-5,11,13-14,20H,2-3,6-10,12H2,(H,19,23). The molecule has 0 spiro atoms. The average Bonchev–Trinajstić information content (AvgIpc) is 3.56. The van der Waals surface area contributed by atoms with Crippen LogP contribution in [0.15, 0.2) is 29.2 Å². The second-order valence-electron chi connectivity index (χ2n) is 7.34. The second-order valence-corrected chi connectivity index (χ2v) is 9.11. The summed E-state index contributed by atoms with van der Waals surface area (Å²) in [5, 5.41) is 13.5. The Hall–Kier alpha value is -2.53. The molecule has 2 N–H and O–H groups in total. The van der Waals surface area contributed by atoms with Crippen molar-refractivity contribution in [1.29, 1.82) is 0 Å². The summed E-state index contributed by atoms with van der Waals surface area (Å²) >= 11 is 0. The molecule has 2 amide bonds. The van der Waals surface area contributed by atoms with E-state index in [4.69, 9.17) is 0 Å². The highest BCUT2D eigenvalue weighted by molar-refractivity contribution is 7.89. The lowest BCUT2D eigenvalue weighted by molar-refractivity contribution is -0.385. The van der Waals surface area contributed by atoms with Crippen molar-refractivity contribution in [2.45, 2.75) is 30.6 Å². The molecule has 3 rings (SSSR count). The van der Waals surface area contributed by atoms with Crippen LogP contribution in [0, 0.1) is 22.0 Å². The molecule has 0 bridgehead atoms. The quantitative estimate of drug-likeness (QED) is 0.357. The first kappa shape index (κ1) is 21.2. The Morgan fingerprint density at radius 2 is 1.93 bits per heavy atom. The van der Waals surface area contributed by atoms with E-state index in [1.807, 2.05) is 0 Å². The number of rotatable bonds is 8. The summed E-state index contributed by atoms with van der Waals surface area (Å²) in [6.45, 7) is 1.12. The molecular weight excluding hydrogens is 400 g/mol. The Labute approximate surface area is 168 Å². The molecule has 158 valence electrons. The number of carbonyl (C=O) groups is 2. The first-order valence-corrected chi connectivity index (χ1v) is 11.1. The minimum Gasteiger partial charge on any atom is -0.354 e. The number of piperidine rings is 1. The van der Waals surface area contributed by atoms with E-state index < -0.39 is 14.9 Å². The molecule has 2 aliphatic rings. The summed E-state index contributed by atoms with van der Waals surface area (Å²) in [4.78, 5) is 36.2. The topological polar surface area (TPSA) is 139 Å². The van der Waals surface area contributed by atoms with Gasteiger partial charge in [-0.2, -0.15) is 0 Å². The normalized spacial score (nSPS) is 19.6. The number of nitro benzene ring substituents is 1. The number of carbonyl (C=O) groups excluding carboxylic acids is 2. The molecule has 0 aromatic heterocycles. The van der Waals surface area contributed by atoms with Crippen LogP contribution in [0.3, 0.4) is 0 Å². The predicted molar refractivity (Wildman–Crippen MR) is 103 cm³/mol. The van der Waals surface area contributed by atoms with Gasteiger partial charge in [-0.15, -0.1) is 0 Å². The van der Waals surface area contributed by atoms with Crippen molar-refractivity contribution in [2.75, 3.05) is 26.2 Å². The number of amides is 2. The van der Waals surface area contributed by atoms with E-state index in [0.29, 0.717) is 19.5 Å². The van der Waals surface area contributed by atoms with Crippen molar-refractivity contribution in [3.8, 4) is 0 Å². The Morgan fingerprint density at radius 3 is 2.62 bits per heavy atom. The third-order valence-corrected chi connectivity index (χ3v) is 6.54. The molecule has 1 aromatic rings. The van der Waals surface area contributed by atoms with Gasteiger partial charge in [-0.1, -0.05) is 6.07 Å². The van der Waals surface area contributed by atoms with Gasteiger partial charge in [0.1, 0.15) is 0 Å². The molecule has 0 radical (unpaired) electrons. The Kier molecular flexibility index (Phi) is 6.48. The Bertz CT molecular complexity index is 899. The fourth-order valence-electron chi connectivity index (χ4n) is 3.34. The van der Waals surface area contributed by atoms with Gasteiger partial charge >= 0.3 is 0 Å². The van der Waals surface area contributed by atoms with Crippen molar-refractivity contribution < 1.29 is 22.9 Å². The van der Waals surface area contributed by atoms with Gasteiger partial charge in [-0.3, -0.25) is 19.7 Å². The molecule has 1 heterocycles. The van der Waals surface area contributed by atoms with E-state index in [0.717, 1.165) is 25.3 Å². The van der Waals surface area contributed by atoms with Crippen molar-refractivity contribution in [3.63, 3.8) is 0 Å². The molecule has 29 heavy (non-hydrogen) atoms. The van der Waals surface area contributed by atoms with Crippen LogP contribution >= 0.6 is 0 Å². The average molecular weight is 424 g/mol. The third-order valence-electron chi connectivity index (χ3n) is 5.09. The zero-order valence-corrected chi connectivity index (χ0v) is 16.7. The highest BCUT2D eigenvalue weighted by Crippen LogP contribution is 2.32. The molecule has 1 saturated heterocycles. The van der Waals surface area contributed by atoms with Gasteiger partial charge in [0.15, 0.2) is 0 Å². The van der Waals surface area contributed by atoms with E-state index in [1.54, 1.807) is 4.90 Å². The number of benzene rings is 1. The summed E-state index contributed by atoms with van der Waals surface area (Å²) in [6.07, 6.45) is 3.32. The number of likely N-dealkylation sites (tertiary alicyclic amines) is 1. The molecule has 2 fully saturated rings. The molecule has 1 aliphatic carbocycles. The number of nitrogens with zero attached hydrogens (tertiary/aromatic N) is 2. The zero-order chi connectivity index (χ0) is 21.0. The lowest BCUT2D eigenvalue weighted by Crippen LogP contribution is -2.47. The van der Waals surface area contributed by atoms with Crippen LogP contribution in [0.25, 0.3) is 0 Å². The van der Waals surface area contributed by atoms with Crippen molar-refractivity contribution in [1.82, 2.24) is 14.9 Å². The number of hydrogen-bond donors (Lipinski definition) is 2. The van der Waals surface area contributed by atoms with Gasteiger partial charge in [-0.25, -0.2) is 13.1 Å². The first-order chi connectivity index (χ1) is 13.8. The molecule has 1 atom stereocenters. The zero-order valence-electron chi connectivity index (χ0n) is 15.9. The largest absolute Gasteiger partial charge is 0.354 e. The smallest absolute Gasteiger partial charge is 0.270 e. The molecule has 1 unspecified atom stereocenters. The van der Waals surface area contributed by atoms with Crippen LogP contribution in [0.1, 0.15) is 25.7 Å². The fraction of sp³-hybridized carbons (Fsp3) is 0.556. The summed E-state index contributed by atoms with van der Waals surface area (Å²) in [7, 11) is -3.92. The van der Waals surface area contributed by atoms with Crippen LogP contribution < -0.4 is 10.0 Å². The van der Waals surface area contributed by atoms with Gasteiger partial charge in [0.2, 0.25) is 21.8 Å². The van der Waals surface area contributed by atoms with E-state index in [-0.39, 0.29) is 47.3 Å². The number of nitro groups is 1. The van der Waals surface area contributed by atoms with Gasteiger partial charge in [0, 0.05) is 44.2 Å². The van der Waals surface area contributed by atoms with E-state index in [9.17, 15) is 28.1 Å². The Balaban J connectivity index is 1.45. The van der Waals surface area contributed by atoms with Gasteiger partial charge in [0.25, 0.3) is 5.69 Å². The minimum atomic E-state index is -3.92. The van der Waals surface area contributed by atoms with E-state index in [1.165, 1.54) is 18.2 Å². The van der Waals surface area contributed by atoms with Crippen LogP contribution in [0.2, 0.25) is 0 Å². The highest BCUT2D eigenvalue weighted by Gasteiger charge is 2.36. The van der Waals surface area contributed by atoms with Gasteiger partial charge < -0.3 is 10.2 Å². The van der Waals surface area contributed by atoms with Crippen LogP contribution in [-0.2, 0) is 19.6 Å². The number of sulfonamides is 1. The van der Waals surface area contributed by atoms with Gasteiger partial charge in [0.05, 0.1) is 15.7 Å². The van der Waals surface area contributed by atoms with Crippen molar-refractivity contribution in [2.24, 2.45) is 11.8 Å². The van der Waals surface area contributed by atoms with E-state index >= 15 is 0 Å². The molecule has 1 aromatic carbocycles. The van der Waals surface area contributed by atoms with Crippen LogP contribution in [0.5, 0.6) is 0 Å². The number of hydrogen-bond acceptors (Lipinski definition) is 6. The summed E-state index contributed by atoms with van der Waals surface area (Å²) in [6, 6.07) is 4.75. The van der Waals surface area contributed by atoms with Crippen LogP contribution in [-0.4, -0.2) is 56.2 Å². The van der Waals surface area contributed by atoms with Gasteiger partial charge in [-0.05, 0) is 31.7 Å². The van der Waals surface area contributed by atoms with E-state index in [2.05, 4.69) is 10.0 Å². The third kappa shape index (κ3) is 5.51. The monoisotopic (exact) mass is 424 g/mol. The maximum Gasteiger partial charge on any atom is 0.270 e. The summed E-state index contributed by atoms with van der Waals surface area (Å²) < 4.78 is 26.8. The summed E-state index contributed by atoms with van der Waals surface area (Å²) in [5.74, 6) is -0.236. The van der Waals surface area contributed by atoms with Crippen molar-refractivity contribution >= 4 is 27.5 Å². The maximum absolute atomic E-state index is 12.4. The lowest BCUT2D eigenvalue weighted by Gasteiger charge is -2.32. The number of nitrogens with one attached hydrogen (secondary N) is 2. The second kappa shape index (κ2) is 8.87. The first-order valence-electron chi connectivity index (χ1n) is 9.58. The lowest BCUT2D eigenvalue weighted by atomic mass is 9.96. The number of non-ortho nitro benzene ring substituents is 1. The Morgan fingerprint density at radius 1 is 1.17 bits per heavy atom. The molecule has 10 nitrogen and oxygen atoms in total. The molecule has 1 aliphatic heterocycles. The maximum atomic E-state index is 12.4. The van der Waals surface area contributed by atoms with Crippen LogP contribution in [0.4, 0.5) is 5.69 Å². The fourth-order valence-corrected chi connectivity index (χ4v) is 4.41. The predicted octanol–water partition coefficient (Wildman–Crippen LogP) is 0.638.